The fourth-order valence-corrected chi connectivity index (χ4v) is 3.54. The van der Waals surface area contributed by atoms with Crippen LogP contribution >= 0.6 is 11.6 Å². The minimum Gasteiger partial charge on any atom is -0.326 e. The molecule has 0 fully saturated rings. The van der Waals surface area contributed by atoms with Crippen molar-refractivity contribution in [3.63, 3.8) is 0 Å². The van der Waals surface area contributed by atoms with E-state index in [1.54, 1.807) is 12.1 Å². The van der Waals surface area contributed by atoms with Crippen LogP contribution in [0.3, 0.4) is 0 Å². The number of halogens is 1. The molecule has 0 saturated heterocycles. The van der Waals surface area contributed by atoms with E-state index in [2.05, 4.69) is 12.2 Å². The maximum Gasteiger partial charge on any atom is 0.224 e. The average Bonchev–Trinajstić information content (AvgIpc) is 2.66. The van der Waals surface area contributed by atoms with Gasteiger partial charge in [0.05, 0.1) is 0 Å². The van der Waals surface area contributed by atoms with Crippen LogP contribution in [0.2, 0.25) is 5.02 Å². The summed E-state index contributed by atoms with van der Waals surface area (Å²) in [6, 6.07) is 7.27. The summed E-state index contributed by atoms with van der Waals surface area (Å²) in [4.78, 5) is 11.9. The first kappa shape index (κ1) is 24.0. The van der Waals surface area contributed by atoms with E-state index in [1.165, 1.54) is 83.5 Å². The first-order chi connectivity index (χ1) is 13.2. The molecule has 3 heteroatoms. The lowest BCUT2D eigenvalue weighted by Crippen LogP contribution is -2.10. The summed E-state index contributed by atoms with van der Waals surface area (Å²) in [6.07, 6.45) is 20.8. The highest BCUT2D eigenvalue weighted by Gasteiger charge is 2.02. The second kappa shape index (κ2) is 17.1. The van der Waals surface area contributed by atoms with Gasteiger partial charge in [0.1, 0.15) is 0 Å². The van der Waals surface area contributed by atoms with Crippen LogP contribution in [0.1, 0.15) is 110 Å². The molecule has 0 aliphatic heterocycles. The zero-order valence-electron chi connectivity index (χ0n) is 17.4. The molecule has 2 nitrogen and oxygen atoms in total. The fraction of sp³-hybridized carbons (Fsp3) is 0.708. The van der Waals surface area contributed by atoms with Gasteiger partial charge in [0.15, 0.2) is 0 Å². The Morgan fingerprint density at radius 2 is 1.11 bits per heavy atom. The van der Waals surface area contributed by atoms with Crippen molar-refractivity contribution >= 4 is 23.2 Å². The molecule has 0 unspecified atom stereocenters. The molecular weight excluding hydrogens is 354 g/mol. The molecule has 0 radical (unpaired) electrons. The molecule has 0 spiro atoms. The van der Waals surface area contributed by atoms with Crippen LogP contribution in [0.25, 0.3) is 0 Å². The van der Waals surface area contributed by atoms with Crippen LogP contribution in [0.4, 0.5) is 5.69 Å². The molecule has 154 valence electrons. The van der Waals surface area contributed by atoms with Gasteiger partial charge < -0.3 is 5.32 Å². The quantitative estimate of drug-likeness (QED) is 0.264. The van der Waals surface area contributed by atoms with Crippen LogP contribution < -0.4 is 5.32 Å². The maximum absolute atomic E-state index is 11.9. The largest absolute Gasteiger partial charge is 0.326 e. The molecule has 0 bridgehead atoms. The number of carbonyl (C=O) groups excluding carboxylic acids is 1. The lowest BCUT2D eigenvalue weighted by molar-refractivity contribution is -0.116. The Morgan fingerprint density at radius 1 is 0.704 bits per heavy atom. The smallest absolute Gasteiger partial charge is 0.224 e. The number of anilines is 1. The topological polar surface area (TPSA) is 29.1 Å². The minimum absolute atomic E-state index is 0.104. The van der Waals surface area contributed by atoms with Crippen molar-refractivity contribution in [1.82, 2.24) is 0 Å². The molecule has 27 heavy (non-hydrogen) atoms. The third-order valence-corrected chi connectivity index (χ3v) is 5.39. The van der Waals surface area contributed by atoms with E-state index in [0.29, 0.717) is 11.4 Å². The fourth-order valence-electron chi connectivity index (χ4n) is 3.41. The zero-order chi connectivity index (χ0) is 19.6. The van der Waals surface area contributed by atoms with E-state index in [4.69, 9.17) is 11.6 Å². The third kappa shape index (κ3) is 14.7. The van der Waals surface area contributed by atoms with Crippen molar-refractivity contribution in [2.75, 3.05) is 5.32 Å². The van der Waals surface area contributed by atoms with Crippen molar-refractivity contribution in [2.24, 2.45) is 0 Å². The third-order valence-electron chi connectivity index (χ3n) is 5.14. The average molecular weight is 394 g/mol. The molecule has 1 amide bonds. The van der Waals surface area contributed by atoms with Crippen LogP contribution in [0.5, 0.6) is 0 Å². The Morgan fingerprint density at radius 3 is 1.56 bits per heavy atom. The SMILES string of the molecule is CCCCCCCCCCCCCCCCCC(=O)Nc1ccc(Cl)cc1. The summed E-state index contributed by atoms with van der Waals surface area (Å²) in [6.45, 7) is 2.28. The molecule has 0 saturated carbocycles. The monoisotopic (exact) mass is 393 g/mol. The Balaban J connectivity index is 1.81. The second-order valence-corrected chi connectivity index (χ2v) is 8.19. The highest BCUT2D eigenvalue weighted by molar-refractivity contribution is 6.30. The molecule has 0 aromatic heterocycles. The minimum atomic E-state index is 0.104. The van der Waals surface area contributed by atoms with Crippen molar-refractivity contribution < 1.29 is 4.79 Å². The Kier molecular flexibility index (Phi) is 15.2. The lowest BCUT2D eigenvalue weighted by atomic mass is 10.0. The van der Waals surface area contributed by atoms with Gasteiger partial charge in [-0.15, -0.1) is 0 Å². The van der Waals surface area contributed by atoms with Crippen molar-refractivity contribution in [2.45, 2.75) is 110 Å². The summed E-state index contributed by atoms with van der Waals surface area (Å²) in [5.74, 6) is 0.104. The van der Waals surface area contributed by atoms with Gasteiger partial charge in [-0.05, 0) is 30.7 Å². The van der Waals surface area contributed by atoms with Gasteiger partial charge in [-0.25, -0.2) is 0 Å². The molecule has 1 N–H and O–H groups in total. The summed E-state index contributed by atoms with van der Waals surface area (Å²) in [5.41, 5.74) is 0.824. The Hall–Kier alpha value is -1.02. The number of rotatable bonds is 17. The number of unbranched alkanes of at least 4 members (excludes halogenated alkanes) is 14. The van der Waals surface area contributed by atoms with E-state index >= 15 is 0 Å². The number of nitrogens with one attached hydrogen (secondary N) is 1. The number of hydrogen-bond acceptors (Lipinski definition) is 1. The summed E-state index contributed by atoms with van der Waals surface area (Å²) < 4.78 is 0. The van der Waals surface area contributed by atoms with Gasteiger partial charge in [-0.1, -0.05) is 108 Å². The Labute approximate surface area is 172 Å². The predicted molar refractivity (Wildman–Crippen MR) is 120 cm³/mol. The predicted octanol–water partition coefficient (Wildman–Crippen LogP) is 8.54. The summed E-state index contributed by atoms with van der Waals surface area (Å²) in [7, 11) is 0. The van der Waals surface area contributed by atoms with Gasteiger partial charge >= 0.3 is 0 Å². The van der Waals surface area contributed by atoms with Crippen LogP contribution in [-0.4, -0.2) is 5.91 Å². The normalized spacial score (nSPS) is 10.9. The summed E-state index contributed by atoms with van der Waals surface area (Å²) >= 11 is 5.84. The molecule has 1 aromatic rings. The van der Waals surface area contributed by atoms with E-state index in [9.17, 15) is 4.79 Å². The van der Waals surface area contributed by atoms with E-state index in [1.807, 2.05) is 12.1 Å². The first-order valence-corrected chi connectivity index (χ1v) is 11.7. The molecule has 0 heterocycles. The molecule has 0 aliphatic carbocycles. The van der Waals surface area contributed by atoms with Crippen LogP contribution in [0, 0.1) is 0 Å². The molecule has 0 aliphatic rings. The lowest BCUT2D eigenvalue weighted by Gasteiger charge is -2.05. The second-order valence-electron chi connectivity index (χ2n) is 7.75. The van der Waals surface area contributed by atoms with Crippen LogP contribution in [-0.2, 0) is 4.79 Å². The van der Waals surface area contributed by atoms with E-state index in [0.717, 1.165) is 18.5 Å². The van der Waals surface area contributed by atoms with Crippen molar-refractivity contribution in [3.8, 4) is 0 Å². The molecule has 1 rings (SSSR count). The van der Waals surface area contributed by atoms with Gasteiger partial charge in [-0.2, -0.15) is 0 Å². The first-order valence-electron chi connectivity index (χ1n) is 11.3. The number of amides is 1. The molecule has 1 aromatic carbocycles. The van der Waals surface area contributed by atoms with Gasteiger partial charge in [0.2, 0.25) is 5.91 Å². The summed E-state index contributed by atoms with van der Waals surface area (Å²) in [5, 5.41) is 3.61. The van der Waals surface area contributed by atoms with Gasteiger partial charge in [0.25, 0.3) is 0 Å². The zero-order valence-corrected chi connectivity index (χ0v) is 18.2. The van der Waals surface area contributed by atoms with E-state index in [-0.39, 0.29) is 5.91 Å². The van der Waals surface area contributed by atoms with Gasteiger partial charge in [-0.3, -0.25) is 4.79 Å². The Bertz CT molecular complexity index is 472. The van der Waals surface area contributed by atoms with Gasteiger partial charge in [0, 0.05) is 17.1 Å². The highest BCUT2D eigenvalue weighted by Crippen LogP contribution is 2.15. The molecular formula is C24H40ClNO. The number of carbonyl (C=O) groups is 1. The van der Waals surface area contributed by atoms with Crippen molar-refractivity contribution in [1.29, 1.82) is 0 Å². The standard InChI is InChI=1S/C24H40ClNO/c1-2-3-4-5-6-7-8-9-10-11-12-13-14-15-16-17-24(27)26-23-20-18-22(25)19-21-23/h18-21H,2-17H2,1H3,(H,26,27). The van der Waals surface area contributed by atoms with Crippen molar-refractivity contribution in [3.05, 3.63) is 29.3 Å². The molecule has 0 atom stereocenters. The maximum atomic E-state index is 11.9. The van der Waals surface area contributed by atoms with E-state index < -0.39 is 0 Å². The highest BCUT2D eigenvalue weighted by atomic mass is 35.5. The van der Waals surface area contributed by atoms with Crippen LogP contribution in [0.15, 0.2) is 24.3 Å². The number of benzene rings is 1. The number of hydrogen-bond donors (Lipinski definition) is 1.